The van der Waals surface area contributed by atoms with Crippen LogP contribution in [0.3, 0.4) is 0 Å². The zero-order valence-corrected chi connectivity index (χ0v) is 15.5. The minimum atomic E-state index is 0.606. The summed E-state index contributed by atoms with van der Waals surface area (Å²) >= 11 is 0. The second-order valence-corrected chi connectivity index (χ2v) is 6.40. The lowest BCUT2D eigenvalue weighted by molar-refractivity contribution is 0.409. The lowest BCUT2D eigenvalue weighted by atomic mass is 10.0. The topological polar surface area (TPSA) is 46.4 Å². The van der Waals surface area contributed by atoms with Crippen LogP contribution in [-0.2, 0) is 6.54 Å². The van der Waals surface area contributed by atoms with Gasteiger partial charge in [-0.05, 0) is 36.8 Å². The average Bonchev–Trinajstić information content (AvgIpc) is 3.03. The van der Waals surface area contributed by atoms with Crippen LogP contribution in [0.5, 0.6) is 5.75 Å². The van der Waals surface area contributed by atoms with Crippen LogP contribution in [0.1, 0.15) is 11.3 Å². The fraction of sp³-hybridized carbons (Fsp3) is 0.130. The van der Waals surface area contributed by atoms with Crippen LogP contribution in [0.4, 0.5) is 5.69 Å². The second-order valence-electron chi connectivity index (χ2n) is 6.40. The maximum Gasteiger partial charge on any atom is 0.135 e. The Morgan fingerprint density at radius 1 is 0.926 bits per heavy atom. The van der Waals surface area contributed by atoms with Crippen molar-refractivity contribution in [2.75, 3.05) is 12.5 Å². The SMILES string of the molecule is COc1cc2c(-c3ccccc3)c(C)oc2cc1CNNc1ccccc1. The van der Waals surface area contributed by atoms with Gasteiger partial charge in [0.25, 0.3) is 0 Å². The molecule has 0 aliphatic rings. The number of nitrogens with one attached hydrogen (secondary N) is 2. The van der Waals surface area contributed by atoms with Crippen molar-refractivity contribution in [3.8, 4) is 16.9 Å². The fourth-order valence-electron chi connectivity index (χ4n) is 3.34. The molecule has 0 aliphatic carbocycles. The Morgan fingerprint density at radius 3 is 2.33 bits per heavy atom. The Kier molecular flexibility index (Phi) is 4.81. The first-order chi connectivity index (χ1) is 13.3. The van der Waals surface area contributed by atoms with Gasteiger partial charge < -0.3 is 14.6 Å². The summed E-state index contributed by atoms with van der Waals surface area (Å²) in [6, 6.07) is 24.4. The van der Waals surface area contributed by atoms with Crippen molar-refractivity contribution in [1.82, 2.24) is 5.43 Å². The largest absolute Gasteiger partial charge is 0.496 e. The van der Waals surface area contributed by atoms with Gasteiger partial charge in [-0.1, -0.05) is 48.5 Å². The van der Waals surface area contributed by atoms with Gasteiger partial charge in [-0.2, -0.15) is 0 Å². The first kappa shape index (κ1) is 17.2. The Balaban J connectivity index is 1.65. The van der Waals surface area contributed by atoms with Gasteiger partial charge >= 0.3 is 0 Å². The summed E-state index contributed by atoms with van der Waals surface area (Å²) in [6.07, 6.45) is 0. The minimum absolute atomic E-state index is 0.606. The van der Waals surface area contributed by atoms with E-state index in [0.717, 1.165) is 44.9 Å². The Labute approximate surface area is 158 Å². The average molecular weight is 358 g/mol. The van der Waals surface area contributed by atoms with Crippen molar-refractivity contribution in [3.05, 3.63) is 84.1 Å². The van der Waals surface area contributed by atoms with Crippen LogP contribution in [-0.4, -0.2) is 7.11 Å². The highest BCUT2D eigenvalue weighted by Crippen LogP contribution is 2.37. The molecule has 27 heavy (non-hydrogen) atoms. The molecule has 0 unspecified atom stereocenters. The molecule has 0 radical (unpaired) electrons. The third-order valence-electron chi connectivity index (χ3n) is 4.61. The summed E-state index contributed by atoms with van der Waals surface area (Å²) in [5.41, 5.74) is 11.6. The van der Waals surface area contributed by atoms with E-state index in [-0.39, 0.29) is 0 Å². The number of benzene rings is 3. The number of anilines is 1. The molecule has 0 spiro atoms. The number of hydrogen-bond donors (Lipinski definition) is 2. The monoisotopic (exact) mass is 358 g/mol. The smallest absolute Gasteiger partial charge is 0.135 e. The molecule has 0 saturated carbocycles. The number of para-hydroxylation sites is 1. The Bertz CT molecular complexity index is 1040. The number of aryl methyl sites for hydroxylation is 1. The Morgan fingerprint density at radius 2 is 1.63 bits per heavy atom. The van der Waals surface area contributed by atoms with Gasteiger partial charge in [-0.25, -0.2) is 5.43 Å². The molecule has 0 fully saturated rings. The van der Waals surface area contributed by atoms with E-state index < -0.39 is 0 Å². The van der Waals surface area contributed by atoms with Crippen molar-refractivity contribution in [3.63, 3.8) is 0 Å². The van der Waals surface area contributed by atoms with E-state index in [0.29, 0.717) is 6.54 Å². The van der Waals surface area contributed by atoms with E-state index in [2.05, 4.69) is 29.1 Å². The molecular weight excluding hydrogens is 336 g/mol. The molecule has 0 aliphatic heterocycles. The van der Waals surface area contributed by atoms with E-state index >= 15 is 0 Å². The summed E-state index contributed by atoms with van der Waals surface area (Å²) in [5, 5.41) is 1.07. The number of hydrazine groups is 1. The van der Waals surface area contributed by atoms with Gasteiger partial charge in [0.1, 0.15) is 17.1 Å². The van der Waals surface area contributed by atoms with Gasteiger partial charge in [0.05, 0.1) is 7.11 Å². The standard InChI is InChI=1S/C23H22N2O2/c1-16-23(17-9-5-3-6-10-17)20-14-21(26-2)18(13-22(20)27-16)15-24-25-19-11-7-4-8-12-19/h3-14,24-25H,15H2,1-2H3. The molecule has 0 bridgehead atoms. The fourth-order valence-corrected chi connectivity index (χ4v) is 3.34. The van der Waals surface area contributed by atoms with Gasteiger partial charge in [-0.15, -0.1) is 0 Å². The van der Waals surface area contributed by atoms with Crippen LogP contribution in [0.2, 0.25) is 0 Å². The third-order valence-corrected chi connectivity index (χ3v) is 4.61. The highest BCUT2D eigenvalue weighted by molar-refractivity contribution is 5.97. The molecule has 4 nitrogen and oxygen atoms in total. The predicted molar refractivity (Wildman–Crippen MR) is 110 cm³/mol. The minimum Gasteiger partial charge on any atom is -0.496 e. The van der Waals surface area contributed by atoms with Crippen LogP contribution in [0, 0.1) is 6.92 Å². The molecule has 4 aromatic rings. The van der Waals surface area contributed by atoms with Crippen molar-refractivity contribution in [2.24, 2.45) is 0 Å². The number of methoxy groups -OCH3 is 1. The number of fused-ring (bicyclic) bond motifs is 1. The predicted octanol–water partition coefficient (Wildman–Crippen LogP) is 5.53. The number of hydrogen-bond acceptors (Lipinski definition) is 4. The second kappa shape index (κ2) is 7.56. The maximum absolute atomic E-state index is 6.05. The number of ether oxygens (including phenoxy) is 1. The van der Waals surface area contributed by atoms with Gasteiger partial charge in [-0.3, -0.25) is 0 Å². The highest BCUT2D eigenvalue weighted by Gasteiger charge is 2.16. The molecule has 1 aromatic heterocycles. The summed E-state index contributed by atoms with van der Waals surface area (Å²) in [6.45, 7) is 2.61. The van der Waals surface area contributed by atoms with Crippen LogP contribution >= 0.6 is 0 Å². The molecule has 4 heteroatoms. The van der Waals surface area contributed by atoms with E-state index in [1.807, 2.05) is 61.5 Å². The van der Waals surface area contributed by atoms with Crippen molar-refractivity contribution in [2.45, 2.75) is 13.5 Å². The normalized spacial score (nSPS) is 10.9. The van der Waals surface area contributed by atoms with Crippen LogP contribution in [0.15, 0.2) is 77.2 Å². The van der Waals surface area contributed by atoms with Crippen molar-refractivity contribution >= 4 is 16.7 Å². The molecule has 2 N–H and O–H groups in total. The molecule has 0 amide bonds. The van der Waals surface area contributed by atoms with E-state index in [1.54, 1.807) is 7.11 Å². The molecule has 0 atom stereocenters. The lowest BCUT2D eigenvalue weighted by Gasteiger charge is -2.12. The number of furan rings is 1. The first-order valence-electron chi connectivity index (χ1n) is 8.95. The molecule has 136 valence electrons. The zero-order valence-electron chi connectivity index (χ0n) is 15.5. The van der Waals surface area contributed by atoms with Crippen molar-refractivity contribution in [1.29, 1.82) is 0 Å². The van der Waals surface area contributed by atoms with Crippen molar-refractivity contribution < 1.29 is 9.15 Å². The van der Waals surface area contributed by atoms with E-state index in [9.17, 15) is 0 Å². The zero-order chi connectivity index (χ0) is 18.6. The quantitative estimate of drug-likeness (QED) is 0.445. The van der Waals surface area contributed by atoms with Gasteiger partial charge in [0, 0.05) is 28.7 Å². The summed E-state index contributed by atoms with van der Waals surface area (Å²) in [7, 11) is 1.70. The highest BCUT2D eigenvalue weighted by atomic mass is 16.5. The summed E-state index contributed by atoms with van der Waals surface area (Å²) < 4.78 is 11.7. The summed E-state index contributed by atoms with van der Waals surface area (Å²) in [4.78, 5) is 0. The van der Waals surface area contributed by atoms with Crippen LogP contribution in [0.25, 0.3) is 22.1 Å². The molecule has 4 rings (SSSR count). The van der Waals surface area contributed by atoms with E-state index in [1.165, 1.54) is 0 Å². The van der Waals surface area contributed by atoms with Crippen LogP contribution < -0.4 is 15.6 Å². The van der Waals surface area contributed by atoms with Gasteiger partial charge in [0.15, 0.2) is 0 Å². The molecule has 0 saturated heterocycles. The third kappa shape index (κ3) is 3.52. The number of rotatable bonds is 6. The van der Waals surface area contributed by atoms with Gasteiger partial charge in [0.2, 0.25) is 0 Å². The Hall–Kier alpha value is -3.24. The summed E-state index contributed by atoms with van der Waals surface area (Å²) in [5.74, 6) is 1.74. The lowest BCUT2D eigenvalue weighted by Crippen LogP contribution is -2.21. The molecule has 1 heterocycles. The molecular formula is C23H22N2O2. The molecule has 3 aromatic carbocycles. The first-order valence-corrected chi connectivity index (χ1v) is 8.95. The van der Waals surface area contributed by atoms with E-state index in [4.69, 9.17) is 9.15 Å². The maximum atomic E-state index is 6.05.